The van der Waals surface area contributed by atoms with Crippen molar-refractivity contribution in [3.05, 3.63) is 64.1 Å². The van der Waals surface area contributed by atoms with Crippen LogP contribution < -0.4 is 5.56 Å². The number of hydrogen-bond acceptors (Lipinski definition) is 5. The predicted octanol–water partition coefficient (Wildman–Crippen LogP) is 3.07. The van der Waals surface area contributed by atoms with Gasteiger partial charge in [-0.1, -0.05) is 30.6 Å². The van der Waals surface area contributed by atoms with Crippen LogP contribution >= 0.6 is 0 Å². The van der Waals surface area contributed by atoms with E-state index in [0.29, 0.717) is 30.8 Å². The van der Waals surface area contributed by atoms with Crippen molar-refractivity contribution >= 4 is 15.7 Å². The largest absolute Gasteiger partial charge is 0.391 e. The molecule has 1 aliphatic rings. The summed E-state index contributed by atoms with van der Waals surface area (Å²) in [6.45, 7) is 3.11. The van der Waals surface area contributed by atoms with Gasteiger partial charge in [0.2, 0.25) is 15.6 Å². The summed E-state index contributed by atoms with van der Waals surface area (Å²) < 4.78 is 27.2. The third-order valence-corrected chi connectivity index (χ3v) is 6.86. The second-order valence-corrected chi connectivity index (χ2v) is 9.08. The Kier molecular flexibility index (Phi) is 7.22. The van der Waals surface area contributed by atoms with Crippen molar-refractivity contribution in [3.63, 3.8) is 0 Å². The molecule has 0 saturated carbocycles. The van der Waals surface area contributed by atoms with E-state index in [9.17, 15) is 13.2 Å². The van der Waals surface area contributed by atoms with Gasteiger partial charge in [0.1, 0.15) is 6.61 Å². The average Bonchev–Trinajstić information content (AvgIpc) is 2.73. The molecule has 1 aromatic heterocycles. The van der Waals surface area contributed by atoms with Gasteiger partial charge in [0.15, 0.2) is 0 Å². The zero-order valence-electron chi connectivity index (χ0n) is 16.6. The minimum atomic E-state index is -3.49. The van der Waals surface area contributed by atoms with Crippen LogP contribution in [0.5, 0.6) is 0 Å². The third-order valence-electron chi connectivity index (χ3n) is 4.94. The standard InChI is InChI=1S/C21H27N3O4S/c1-2-3-4-17-5-7-20(8-6-17)29(26,27)24-13-10-19(11-14-24)23-28-16-18-9-12-22-21(25)15-18/h5-9,12,15H,2-4,10-11,13-14,16H2,1H3,(H,22,25). The monoisotopic (exact) mass is 417 g/mol. The van der Waals surface area contributed by atoms with Crippen LogP contribution in [0.25, 0.3) is 0 Å². The molecule has 0 atom stereocenters. The summed E-state index contributed by atoms with van der Waals surface area (Å²) in [4.78, 5) is 19.5. The topological polar surface area (TPSA) is 91.8 Å². The van der Waals surface area contributed by atoms with Gasteiger partial charge in [0.25, 0.3) is 0 Å². The van der Waals surface area contributed by atoms with E-state index in [1.54, 1.807) is 24.4 Å². The number of pyridine rings is 1. The molecule has 29 heavy (non-hydrogen) atoms. The number of oxime groups is 1. The first-order valence-electron chi connectivity index (χ1n) is 9.93. The molecule has 0 amide bonds. The number of aryl methyl sites for hydroxylation is 1. The summed E-state index contributed by atoms with van der Waals surface area (Å²) in [7, 11) is -3.49. The maximum Gasteiger partial charge on any atom is 0.248 e. The van der Waals surface area contributed by atoms with E-state index in [0.717, 1.165) is 36.1 Å². The predicted molar refractivity (Wildman–Crippen MR) is 112 cm³/mol. The van der Waals surface area contributed by atoms with E-state index in [4.69, 9.17) is 4.84 Å². The van der Waals surface area contributed by atoms with Gasteiger partial charge in [-0.25, -0.2) is 8.42 Å². The number of H-pyrrole nitrogens is 1. The lowest BCUT2D eigenvalue weighted by molar-refractivity contribution is 0.128. The first-order chi connectivity index (χ1) is 14.0. The van der Waals surface area contributed by atoms with Gasteiger partial charge in [-0.15, -0.1) is 0 Å². The van der Waals surface area contributed by atoms with Crippen LogP contribution in [-0.2, 0) is 27.9 Å². The number of rotatable bonds is 8. The summed E-state index contributed by atoms with van der Waals surface area (Å²) in [5.41, 5.74) is 2.55. The highest BCUT2D eigenvalue weighted by atomic mass is 32.2. The molecule has 1 aromatic carbocycles. The van der Waals surface area contributed by atoms with Crippen LogP contribution in [-0.4, -0.2) is 36.5 Å². The molecule has 156 valence electrons. The minimum absolute atomic E-state index is 0.185. The molecule has 7 nitrogen and oxygen atoms in total. The van der Waals surface area contributed by atoms with E-state index in [-0.39, 0.29) is 12.2 Å². The number of sulfonamides is 1. The van der Waals surface area contributed by atoms with Crippen LogP contribution in [0.2, 0.25) is 0 Å². The van der Waals surface area contributed by atoms with E-state index in [1.807, 2.05) is 12.1 Å². The molecule has 1 N–H and O–H groups in total. The highest BCUT2D eigenvalue weighted by molar-refractivity contribution is 7.89. The van der Waals surface area contributed by atoms with Gasteiger partial charge in [0, 0.05) is 38.2 Å². The second-order valence-electron chi connectivity index (χ2n) is 7.14. The molecule has 0 bridgehead atoms. The molecule has 8 heteroatoms. The van der Waals surface area contributed by atoms with Gasteiger partial charge < -0.3 is 9.82 Å². The molecule has 0 unspecified atom stereocenters. The Labute approximate surface area is 171 Å². The third kappa shape index (κ3) is 5.77. The lowest BCUT2D eigenvalue weighted by Crippen LogP contribution is -2.38. The first-order valence-corrected chi connectivity index (χ1v) is 11.4. The highest BCUT2D eigenvalue weighted by Crippen LogP contribution is 2.21. The zero-order valence-corrected chi connectivity index (χ0v) is 17.5. The number of hydrogen-bond donors (Lipinski definition) is 1. The normalized spacial score (nSPS) is 15.3. The lowest BCUT2D eigenvalue weighted by Gasteiger charge is -2.26. The molecule has 0 radical (unpaired) electrons. The van der Waals surface area contributed by atoms with Gasteiger partial charge >= 0.3 is 0 Å². The summed E-state index contributed by atoms with van der Waals surface area (Å²) >= 11 is 0. The molecular weight excluding hydrogens is 390 g/mol. The number of aromatic nitrogens is 1. The lowest BCUT2D eigenvalue weighted by atomic mass is 10.1. The molecule has 1 saturated heterocycles. The maximum atomic E-state index is 12.9. The van der Waals surface area contributed by atoms with Crippen LogP contribution in [0.4, 0.5) is 0 Å². The SMILES string of the molecule is CCCCc1ccc(S(=O)(=O)N2CCC(=NOCc3cc[nH]c(=O)c3)CC2)cc1. The van der Waals surface area contributed by atoms with E-state index in [1.165, 1.54) is 10.4 Å². The van der Waals surface area contributed by atoms with Crippen LogP contribution in [0.3, 0.4) is 0 Å². The van der Waals surface area contributed by atoms with Crippen LogP contribution in [0.15, 0.2) is 57.4 Å². The van der Waals surface area contributed by atoms with Crippen LogP contribution in [0, 0.1) is 0 Å². The van der Waals surface area contributed by atoms with Gasteiger partial charge in [-0.3, -0.25) is 4.79 Å². The fraction of sp³-hybridized carbons (Fsp3) is 0.429. The minimum Gasteiger partial charge on any atom is -0.391 e. The molecule has 0 spiro atoms. The highest BCUT2D eigenvalue weighted by Gasteiger charge is 2.28. The van der Waals surface area contributed by atoms with E-state index in [2.05, 4.69) is 17.1 Å². The van der Waals surface area contributed by atoms with Gasteiger partial charge in [-0.2, -0.15) is 4.31 Å². The number of benzene rings is 1. The number of piperidine rings is 1. The molecule has 1 fully saturated rings. The molecule has 2 heterocycles. The van der Waals surface area contributed by atoms with Crippen molar-refractivity contribution < 1.29 is 13.3 Å². The fourth-order valence-electron chi connectivity index (χ4n) is 3.21. The molecule has 1 aliphatic heterocycles. The molecule has 2 aromatic rings. The quantitative estimate of drug-likeness (QED) is 0.668. The Bertz CT molecular complexity index is 987. The Hall–Kier alpha value is -2.45. The van der Waals surface area contributed by atoms with Crippen molar-refractivity contribution in [2.45, 2.75) is 50.5 Å². The number of aromatic amines is 1. The summed E-state index contributed by atoms with van der Waals surface area (Å²) in [5.74, 6) is 0. The zero-order chi connectivity index (χ0) is 20.7. The smallest absolute Gasteiger partial charge is 0.248 e. The summed E-state index contributed by atoms with van der Waals surface area (Å²) in [6.07, 6.45) is 5.81. The fourth-order valence-corrected chi connectivity index (χ4v) is 4.65. The van der Waals surface area contributed by atoms with Gasteiger partial charge in [0.05, 0.1) is 10.6 Å². The molecule has 0 aliphatic carbocycles. The van der Waals surface area contributed by atoms with Gasteiger partial charge in [-0.05, 0) is 42.2 Å². The van der Waals surface area contributed by atoms with Crippen molar-refractivity contribution in [1.29, 1.82) is 0 Å². The Morgan fingerprint density at radius 2 is 1.83 bits per heavy atom. The van der Waals surface area contributed by atoms with Crippen LogP contribution in [0.1, 0.15) is 43.7 Å². The summed E-state index contributed by atoms with van der Waals surface area (Å²) in [6, 6.07) is 10.4. The average molecular weight is 418 g/mol. The Morgan fingerprint density at radius 3 is 2.48 bits per heavy atom. The molecular formula is C21H27N3O4S. The summed E-state index contributed by atoms with van der Waals surface area (Å²) in [5, 5.41) is 4.12. The first kappa shape index (κ1) is 21.3. The Balaban J connectivity index is 1.54. The second kappa shape index (κ2) is 9.84. The number of nitrogens with zero attached hydrogens (tertiary/aromatic N) is 2. The number of nitrogens with one attached hydrogen (secondary N) is 1. The van der Waals surface area contributed by atoms with E-state index >= 15 is 0 Å². The molecule has 3 rings (SSSR count). The van der Waals surface area contributed by atoms with E-state index < -0.39 is 10.0 Å². The van der Waals surface area contributed by atoms with Crippen molar-refractivity contribution in [2.24, 2.45) is 5.16 Å². The van der Waals surface area contributed by atoms with Crippen molar-refractivity contribution in [2.75, 3.05) is 13.1 Å². The Morgan fingerprint density at radius 1 is 1.10 bits per heavy atom. The maximum absolute atomic E-state index is 12.9. The van der Waals surface area contributed by atoms with Crippen molar-refractivity contribution in [1.82, 2.24) is 9.29 Å². The van der Waals surface area contributed by atoms with Crippen molar-refractivity contribution in [3.8, 4) is 0 Å². The number of unbranched alkanes of at least 4 members (excludes halogenated alkanes) is 1.